The maximum absolute atomic E-state index is 12.9. The quantitative estimate of drug-likeness (QED) is 0.396. The summed E-state index contributed by atoms with van der Waals surface area (Å²) in [5, 5.41) is 5.34. The smallest absolute Gasteiger partial charge is 0.247 e. The Balaban J connectivity index is 1.55. The summed E-state index contributed by atoms with van der Waals surface area (Å²) in [5.41, 5.74) is 2.07. The molecule has 7 nitrogen and oxygen atoms in total. The van der Waals surface area contributed by atoms with Crippen LogP contribution in [0.5, 0.6) is 0 Å². The van der Waals surface area contributed by atoms with Gasteiger partial charge >= 0.3 is 0 Å². The van der Waals surface area contributed by atoms with Crippen LogP contribution in [0.2, 0.25) is 0 Å². The molecule has 8 heteroatoms. The van der Waals surface area contributed by atoms with Crippen LogP contribution in [0.25, 0.3) is 16.6 Å². The molecule has 1 fully saturated rings. The number of amides is 2. The molecule has 1 aliphatic heterocycles. The largest absolute Gasteiger partial charge is 0.274 e. The van der Waals surface area contributed by atoms with Gasteiger partial charge in [-0.05, 0) is 31.2 Å². The average Bonchev–Trinajstić information content (AvgIpc) is 3.22. The molecule has 1 atom stereocenters. The third kappa shape index (κ3) is 2.65. The highest BCUT2D eigenvalue weighted by Gasteiger charge is 2.40. The Morgan fingerprint density at radius 1 is 1.00 bits per heavy atom. The summed E-state index contributed by atoms with van der Waals surface area (Å²) < 4.78 is 1.66. The van der Waals surface area contributed by atoms with Crippen LogP contribution in [0.15, 0.2) is 59.8 Å². The molecule has 1 saturated heterocycles. The number of hydrogen-bond acceptors (Lipinski definition) is 6. The predicted octanol–water partition coefficient (Wildman–Crippen LogP) is 3.01. The van der Waals surface area contributed by atoms with Crippen molar-refractivity contribution in [3.05, 3.63) is 60.4 Å². The van der Waals surface area contributed by atoms with Crippen molar-refractivity contribution >= 4 is 45.8 Å². The molecule has 5 rings (SSSR count). The van der Waals surface area contributed by atoms with Crippen LogP contribution in [-0.2, 0) is 9.59 Å². The summed E-state index contributed by atoms with van der Waals surface area (Å²) in [6.45, 7) is 1.82. The Labute approximate surface area is 164 Å². The number of thioether (sulfide) groups is 1. The number of carbonyl (C=O) groups excluding carboxylic acids is 2. The lowest BCUT2D eigenvalue weighted by Gasteiger charge is -2.14. The van der Waals surface area contributed by atoms with Gasteiger partial charge in [-0.15, -0.1) is 5.10 Å². The van der Waals surface area contributed by atoms with Gasteiger partial charge in [0.2, 0.25) is 11.8 Å². The average molecular weight is 389 g/mol. The van der Waals surface area contributed by atoms with E-state index in [1.807, 2.05) is 49.4 Å². The van der Waals surface area contributed by atoms with Crippen LogP contribution in [0.4, 0.5) is 5.69 Å². The lowest BCUT2D eigenvalue weighted by Crippen LogP contribution is -2.31. The molecule has 3 heterocycles. The fraction of sp³-hybridized carbons (Fsp3) is 0.150. The maximum atomic E-state index is 12.9. The Kier molecular flexibility index (Phi) is 3.87. The van der Waals surface area contributed by atoms with Gasteiger partial charge in [0.05, 0.1) is 11.2 Å². The summed E-state index contributed by atoms with van der Waals surface area (Å²) in [6, 6.07) is 16.7. The number of nitrogens with zero attached hydrogens (tertiary/aromatic N) is 5. The number of aromatic nitrogens is 4. The number of imide groups is 1. The Morgan fingerprint density at radius 2 is 1.75 bits per heavy atom. The third-order valence-electron chi connectivity index (χ3n) is 4.62. The SMILES string of the molecule is Cc1nc2c3ccccc3nc(S[C@@H]3CC(=O)N(c4ccccc4)C3=O)n2n1. The molecule has 28 heavy (non-hydrogen) atoms. The van der Waals surface area contributed by atoms with Crippen LogP contribution in [0.3, 0.4) is 0 Å². The highest BCUT2D eigenvalue weighted by atomic mass is 32.2. The zero-order valence-electron chi connectivity index (χ0n) is 14.9. The molecule has 0 spiro atoms. The van der Waals surface area contributed by atoms with Crippen LogP contribution >= 0.6 is 11.8 Å². The molecule has 0 aliphatic carbocycles. The van der Waals surface area contributed by atoms with Crippen LogP contribution in [-0.4, -0.2) is 36.6 Å². The summed E-state index contributed by atoms with van der Waals surface area (Å²) in [4.78, 5) is 35.9. The van der Waals surface area contributed by atoms with Gasteiger partial charge in [0.25, 0.3) is 0 Å². The third-order valence-corrected chi connectivity index (χ3v) is 5.75. The van der Waals surface area contributed by atoms with Gasteiger partial charge in [-0.1, -0.05) is 42.1 Å². The van der Waals surface area contributed by atoms with Gasteiger partial charge in [-0.3, -0.25) is 9.59 Å². The minimum atomic E-state index is -0.547. The summed E-state index contributed by atoms with van der Waals surface area (Å²) in [6.07, 6.45) is 0.127. The molecular formula is C20H15N5O2S. The Morgan fingerprint density at radius 3 is 2.57 bits per heavy atom. The van der Waals surface area contributed by atoms with Gasteiger partial charge in [-0.25, -0.2) is 14.9 Å². The first kappa shape index (κ1) is 16.9. The lowest BCUT2D eigenvalue weighted by molar-refractivity contribution is -0.121. The zero-order chi connectivity index (χ0) is 19.3. The number of para-hydroxylation sites is 2. The van der Waals surface area contributed by atoms with Gasteiger partial charge in [0.15, 0.2) is 10.8 Å². The predicted molar refractivity (Wildman–Crippen MR) is 106 cm³/mol. The topological polar surface area (TPSA) is 80.5 Å². The van der Waals surface area contributed by atoms with E-state index in [2.05, 4.69) is 15.1 Å². The first-order valence-electron chi connectivity index (χ1n) is 8.82. The van der Waals surface area contributed by atoms with Gasteiger partial charge in [-0.2, -0.15) is 4.52 Å². The van der Waals surface area contributed by atoms with Crippen molar-refractivity contribution in [2.75, 3.05) is 4.90 Å². The van der Waals surface area contributed by atoms with Crippen LogP contribution in [0, 0.1) is 6.92 Å². The van der Waals surface area contributed by atoms with Crippen LogP contribution in [0.1, 0.15) is 12.2 Å². The van der Waals surface area contributed by atoms with E-state index in [0.717, 1.165) is 10.9 Å². The molecule has 0 unspecified atom stereocenters. The number of carbonyl (C=O) groups is 2. The minimum absolute atomic E-state index is 0.127. The Hall–Kier alpha value is -3.26. The molecule has 0 radical (unpaired) electrons. The van der Waals surface area contributed by atoms with Crippen molar-refractivity contribution in [3.8, 4) is 0 Å². The van der Waals surface area contributed by atoms with E-state index in [9.17, 15) is 9.59 Å². The fourth-order valence-corrected chi connectivity index (χ4v) is 4.45. The second-order valence-corrected chi connectivity index (χ2v) is 7.69. The number of aryl methyl sites for hydroxylation is 1. The Bertz CT molecular complexity index is 1240. The van der Waals surface area contributed by atoms with E-state index in [1.54, 1.807) is 16.6 Å². The van der Waals surface area contributed by atoms with E-state index in [-0.39, 0.29) is 18.2 Å². The molecular weight excluding hydrogens is 374 g/mol. The van der Waals surface area contributed by atoms with Crippen molar-refractivity contribution in [1.82, 2.24) is 19.6 Å². The van der Waals surface area contributed by atoms with E-state index in [0.29, 0.717) is 22.3 Å². The molecule has 2 aromatic carbocycles. The maximum Gasteiger partial charge on any atom is 0.247 e. The highest BCUT2D eigenvalue weighted by molar-refractivity contribution is 8.00. The summed E-state index contributed by atoms with van der Waals surface area (Å²) >= 11 is 1.26. The lowest BCUT2D eigenvalue weighted by atomic mass is 10.2. The second-order valence-electron chi connectivity index (χ2n) is 6.52. The van der Waals surface area contributed by atoms with Gasteiger partial charge < -0.3 is 0 Å². The van der Waals surface area contributed by atoms with E-state index in [1.165, 1.54) is 16.7 Å². The van der Waals surface area contributed by atoms with Crippen molar-refractivity contribution in [2.45, 2.75) is 23.8 Å². The van der Waals surface area contributed by atoms with E-state index in [4.69, 9.17) is 0 Å². The van der Waals surface area contributed by atoms with Gasteiger partial charge in [0, 0.05) is 11.8 Å². The van der Waals surface area contributed by atoms with E-state index < -0.39 is 5.25 Å². The molecule has 2 amide bonds. The van der Waals surface area contributed by atoms with Gasteiger partial charge in [0.1, 0.15) is 11.1 Å². The molecule has 0 saturated carbocycles. The highest BCUT2D eigenvalue weighted by Crippen LogP contribution is 2.34. The second kappa shape index (κ2) is 6.42. The molecule has 138 valence electrons. The molecule has 1 aliphatic rings. The monoisotopic (exact) mass is 389 g/mol. The number of anilines is 1. The number of benzene rings is 2. The molecule has 4 aromatic rings. The first-order chi connectivity index (χ1) is 13.6. The van der Waals surface area contributed by atoms with Crippen molar-refractivity contribution in [3.63, 3.8) is 0 Å². The molecule has 2 aromatic heterocycles. The summed E-state index contributed by atoms with van der Waals surface area (Å²) in [7, 11) is 0. The van der Waals surface area contributed by atoms with Crippen LogP contribution < -0.4 is 4.90 Å². The first-order valence-corrected chi connectivity index (χ1v) is 9.70. The fourth-order valence-electron chi connectivity index (χ4n) is 3.38. The summed E-state index contributed by atoms with van der Waals surface area (Å²) in [5.74, 6) is 0.182. The standard InChI is InChI=1S/C20H15N5O2S/c1-12-21-18-14-9-5-6-10-15(14)22-20(25(18)23-12)28-16-11-17(26)24(19(16)27)13-7-3-2-4-8-13/h2-10,16H,11H2,1H3/t16-/m1/s1. The van der Waals surface area contributed by atoms with Crippen molar-refractivity contribution < 1.29 is 9.59 Å². The minimum Gasteiger partial charge on any atom is -0.274 e. The normalized spacial score (nSPS) is 17.2. The number of hydrogen-bond donors (Lipinski definition) is 0. The molecule has 0 bridgehead atoms. The van der Waals surface area contributed by atoms with Crippen molar-refractivity contribution in [1.29, 1.82) is 0 Å². The van der Waals surface area contributed by atoms with Crippen molar-refractivity contribution in [2.24, 2.45) is 0 Å². The van der Waals surface area contributed by atoms with E-state index >= 15 is 0 Å². The number of fused-ring (bicyclic) bond motifs is 3. The zero-order valence-corrected chi connectivity index (χ0v) is 15.8. The number of rotatable bonds is 3. The molecule has 0 N–H and O–H groups in total.